The monoisotopic (exact) mass is 244 g/mol. The van der Waals surface area contributed by atoms with E-state index in [2.05, 4.69) is 28.6 Å². The number of benzene rings is 1. The molecule has 0 N–H and O–H groups in total. The van der Waals surface area contributed by atoms with E-state index in [9.17, 15) is 0 Å². The van der Waals surface area contributed by atoms with Gasteiger partial charge in [-0.25, -0.2) is 4.98 Å². The van der Waals surface area contributed by atoms with Crippen LogP contribution in [0.1, 0.15) is 18.3 Å². The Kier molecular flexibility index (Phi) is 4.03. The van der Waals surface area contributed by atoms with Gasteiger partial charge in [-0.3, -0.25) is 0 Å². The Morgan fingerprint density at radius 2 is 2.00 bits per heavy atom. The lowest BCUT2D eigenvalue weighted by atomic mass is 10.0. The SMILES string of the molecule is COc1ccc(CC(C)Cn2ccnc2C)cc1. The Hall–Kier alpha value is -1.77. The average Bonchev–Trinajstić information content (AvgIpc) is 2.76. The first-order valence-corrected chi connectivity index (χ1v) is 6.29. The maximum absolute atomic E-state index is 5.16. The lowest BCUT2D eigenvalue weighted by Crippen LogP contribution is -2.10. The second kappa shape index (κ2) is 5.71. The Labute approximate surface area is 108 Å². The van der Waals surface area contributed by atoms with E-state index in [-0.39, 0.29) is 0 Å². The van der Waals surface area contributed by atoms with Gasteiger partial charge in [0.1, 0.15) is 11.6 Å². The van der Waals surface area contributed by atoms with Crippen molar-refractivity contribution in [2.45, 2.75) is 26.8 Å². The van der Waals surface area contributed by atoms with Crippen molar-refractivity contribution in [2.75, 3.05) is 7.11 Å². The fourth-order valence-electron chi connectivity index (χ4n) is 2.16. The van der Waals surface area contributed by atoms with Gasteiger partial charge in [-0.05, 0) is 37.0 Å². The predicted octanol–water partition coefficient (Wildman–Crippen LogP) is 3.08. The van der Waals surface area contributed by atoms with Crippen LogP contribution in [-0.2, 0) is 13.0 Å². The molecule has 0 saturated carbocycles. The van der Waals surface area contributed by atoms with Gasteiger partial charge < -0.3 is 9.30 Å². The number of methoxy groups -OCH3 is 1. The van der Waals surface area contributed by atoms with Crippen molar-refractivity contribution in [1.29, 1.82) is 0 Å². The zero-order chi connectivity index (χ0) is 13.0. The fraction of sp³-hybridized carbons (Fsp3) is 0.400. The van der Waals surface area contributed by atoms with Crippen molar-refractivity contribution in [3.63, 3.8) is 0 Å². The van der Waals surface area contributed by atoms with Crippen molar-refractivity contribution >= 4 is 0 Å². The quantitative estimate of drug-likeness (QED) is 0.808. The van der Waals surface area contributed by atoms with E-state index < -0.39 is 0 Å². The molecular formula is C15H20N2O. The van der Waals surface area contributed by atoms with E-state index in [0.717, 1.165) is 24.5 Å². The lowest BCUT2D eigenvalue weighted by molar-refractivity contribution is 0.414. The molecule has 0 amide bonds. The third-order valence-electron chi connectivity index (χ3n) is 3.18. The fourth-order valence-corrected chi connectivity index (χ4v) is 2.16. The summed E-state index contributed by atoms with van der Waals surface area (Å²) in [6.45, 7) is 5.32. The Balaban J connectivity index is 1.94. The van der Waals surface area contributed by atoms with Crippen LogP contribution in [0.5, 0.6) is 5.75 Å². The van der Waals surface area contributed by atoms with Crippen LogP contribution in [-0.4, -0.2) is 16.7 Å². The van der Waals surface area contributed by atoms with Gasteiger partial charge in [-0.15, -0.1) is 0 Å². The highest BCUT2D eigenvalue weighted by atomic mass is 16.5. The van der Waals surface area contributed by atoms with Crippen LogP contribution in [0.4, 0.5) is 0 Å². The highest BCUT2D eigenvalue weighted by molar-refractivity contribution is 5.27. The van der Waals surface area contributed by atoms with Gasteiger partial charge in [-0.2, -0.15) is 0 Å². The molecule has 1 aromatic heterocycles. The Morgan fingerprint density at radius 1 is 1.28 bits per heavy atom. The van der Waals surface area contributed by atoms with Crippen LogP contribution in [0.15, 0.2) is 36.7 Å². The summed E-state index contributed by atoms with van der Waals surface area (Å²) >= 11 is 0. The van der Waals surface area contributed by atoms with Gasteiger partial charge in [-0.1, -0.05) is 19.1 Å². The first-order valence-electron chi connectivity index (χ1n) is 6.29. The number of hydrogen-bond acceptors (Lipinski definition) is 2. The number of aryl methyl sites for hydroxylation is 1. The number of rotatable bonds is 5. The van der Waals surface area contributed by atoms with Crippen LogP contribution in [0.3, 0.4) is 0 Å². The van der Waals surface area contributed by atoms with Crippen LogP contribution in [0.2, 0.25) is 0 Å². The van der Waals surface area contributed by atoms with Crippen molar-refractivity contribution in [3.8, 4) is 5.75 Å². The van der Waals surface area contributed by atoms with E-state index in [0.29, 0.717) is 5.92 Å². The van der Waals surface area contributed by atoms with Crippen molar-refractivity contribution in [2.24, 2.45) is 5.92 Å². The summed E-state index contributed by atoms with van der Waals surface area (Å²) in [6, 6.07) is 8.31. The Bertz CT molecular complexity index is 487. The van der Waals surface area contributed by atoms with Crippen LogP contribution in [0, 0.1) is 12.8 Å². The largest absolute Gasteiger partial charge is 0.497 e. The molecule has 3 nitrogen and oxygen atoms in total. The van der Waals surface area contributed by atoms with Crippen LogP contribution >= 0.6 is 0 Å². The van der Waals surface area contributed by atoms with Crippen molar-refractivity contribution in [3.05, 3.63) is 48.0 Å². The van der Waals surface area contributed by atoms with Gasteiger partial charge in [0.05, 0.1) is 7.11 Å². The topological polar surface area (TPSA) is 27.1 Å². The van der Waals surface area contributed by atoms with E-state index in [4.69, 9.17) is 4.74 Å². The van der Waals surface area contributed by atoms with Crippen LogP contribution < -0.4 is 4.74 Å². The normalized spacial score (nSPS) is 12.4. The highest BCUT2D eigenvalue weighted by Crippen LogP contribution is 2.15. The lowest BCUT2D eigenvalue weighted by Gasteiger charge is -2.13. The summed E-state index contributed by atoms with van der Waals surface area (Å²) in [5.74, 6) is 2.58. The standard InChI is InChI=1S/C15H20N2O/c1-12(11-17-9-8-16-13(17)2)10-14-4-6-15(18-3)7-5-14/h4-9,12H,10-11H2,1-3H3. The highest BCUT2D eigenvalue weighted by Gasteiger charge is 2.06. The molecule has 0 fully saturated rings. The molecule has 1 heterocycles. The van der Waals surface area contributed by atoms with E-state index in [1.54, 1.807) is 7.11 Å². The zero-order valence-corrected chi connectivity index (χ0v) is 11.3. The van der Waals surface area contributed by atoms with Crippen molar-refractivity contribution in [1.82, 2.24) is 9.55 Å². The van der Waals surface area contributed by atoms with Gasteiger partial charge in [0.25, 0.3) is 0 Å². The third kappa shape index (κ3) is 3.13. The zero-order valence-electron chi connectivity index (χ0n) is 11.3. The maximum atomic E-state index is 5.16. The van der Waals surface area contributed by atoms with Gasteiger partial charge in [0.2, 0.25) is 0 Å². The number of ether oxygens (including phenoxy) is 1. The minimum atomic E-state index is 0.589. The second-order valence-electron chi connectivity index (χ2n) is 4.78. The molecule has 1 aromatic carbocycles. The Morgan fingerprint density at radius 3 is 2.56 bits per heavy atom. The summed E-state index contributed by atoms with van der Waals surface area (Å²) in [4.78, 5) is 4.25. The first kappa shape index (κ1) is 12.7. The molecule has 0 saturated heterocycles. The van der Waals surface area contributed by atoms with Gasteiger partial charge in [0.15, 0.2) is 0 Å². The van der Waals surface area contributed by atoms with Crippen LogP contribution in [0.25, 0.3) is 0 Å². The molecule has 1 unspecified atom stereocenters. The summed E-state index contributed by atoms with van der Waals surface area (Å²) < 4.78 is 7.37. The molecule has 2 aromatic rings. The molecule has 2 rings (SSSR count). The van der Waals surface area contributed by atoms with E-state index >= 15 is 0 Å². The maximum Gasteiger partial charge on any atom is 0.118 e. The first-order chi connectivity index (χ1) is 8.69. The molecule has 0 aliphatic rings. The molecule has 18 heavy (non-hydrogen) atoms. The van der Waals surface area contributed by atoms with Gasteiger partial charge in [0, 0.05) is 18.9 Å². The average molecular weight is 244 g/mol. The molecule has 0 spiro atoms. The molecule has 96 valence electrons. The molecule has 0 aliphatic carbocycles. The minimum Gasteiger partial charge on any atom is -0.497 e. The number of imidazole rings is 1. The predicted molar refractivity (Wildman–Crippen MR) is 72.8 cm³/mol. The molecule has 1 atom stereocenters. The molecule has 0 aliphatic heterocycles. The summed E-state index contributed by atoms with van der Waals surface area (Å²) in [5, 5.41) is 0. The summed E-state index contributed by atoms with van der Waals surface area (Å²) in [5.41, 5.74) is 1.35. The number of nitrogens with zero attached hydrogens (tertiary/aromatic N) is 2. The van der Waals surface area contributed by atoms with E-state index in [1.807, 2.05) is 31.5 Å². The molecular weight excluding hydrogens is 224 g/mol. The van der Waals surface area contributed by atoms with Gasteiger partial charge >= 0.3 is 0 Å². The van der Waals surface area contributed by atoms with Crippen molar-refractivity contribution < 1.29 is 4.74 Å². The third-order valence-corrected chi connectivity index (χ3v) is 3.18. The smallest absolute Gasteiger partial charge is 0.118 e. The van der Waals surface area contributed by atoms with E-state index in [1.165, 1.54) is 5.56 Å². The second-order valence-corrected chi connectivity index (χ2v) is 4.78. The molecule has 0 bridgehead atoms. The number of aromatic nitrogens is 2. The molecule has 0 radical (unpaired) electrons. The summed E-state index contributed by atoms with van der Waals surface area (Å²) in [7, 11) is 1.69. The molecule has 3 heteroatoms. The minimum absolute atomic E-state index is 0.589. The number of hydrogen-bond donors (Lipinski definition) is 0. The summed E-state index contributed by atoms with van der Waals surface area (Å²) in [6.07, 6.45) is 4.97.